The molecule has 1 aliphatic carbocycles. The predicted molar refractivity (Wildman–Crippen MR) is 183 cm³/mol. The molecule has 0 aromatic rings. The van der Waals surface area contributed by atoms with Crippen molar-refractivity contribution in [2.24, 2.45) is 11.8 Å². The number of esters is 2. The van der Waals surface area contributed by atoms with Gasteiger partial charge in [-0.05, 0) is 25.7 Å². The molecule has 2 unspecified atom stereocenters. The first-order valence-electron chi connectivity index (χ1n) is 19.5. The topological polar surface area (TPSA) is 52.6 Å². The molecule has 1 rings (SSSR count). The zero-order valence-electron chi connectivity index (χ0n) is 29.1. The maximum absolute atomic E-state index is 12.8. The third-order valence-corrected chi connectivity index (χ3v) is 9.61. The molecule has 0 N–H and O–H groups in total. The van der Waals surface area contributed by atoms with Crippen LogP contribution in [0.3, 0.4) is 0 Å². The van der Waals surface area contributed by atoms with Crippen molar-refractivity contribution in [2.45, 2.75) is 213 Å². The Morgan fingerprint density at radius 2 is 0.628 bits per heavy atom. The SMILES string of the molecule is CCCCCCCCCCCCCCCCCCOC(=O)C1CCCCC1C(=O)OCCCCCCCCCCCCC. The molecule has 0 bridgehead atoms. The molecule has 254 valence electrons. The third kappa shape index (κ3) is 23.9. The molecule has 0 saturated heterocycles. The Balaban J connectivity index is 1.98. The van der Waals surface area contributed by atoms with Crippen molar-refractivity contribution in [2.75, 3.05) is 13.2 Å². The number of hydrogen-bond donors (Lipinski definition) is 0. The van der Waals surface area contributed by atoms with E-state index in [-0.39, 0.29) is 23.8 Å². The highest BCUT2D eigenvalue weighted by atomic mass is 16.5. The Hall–Kier alpha value is -1.06. The highest BCUT2D eigenvalue weighted by Crippen LogP contribution is 2.32. The van der Waals surface area contributed by atoms with Crippen LogP contribution in [0.25, 0.3) is 0 Å². The van der Waals surface area contributed by atoms with Gasteiger partial charge in [0.1, 0.15) is 0 Å². The number of carbonyl (C=O) groups is 2. The van der Waals surface area contributed by atoms with Gasteiger partial charge in [-0.15, -0.1) is 0 Å². The van der Waals surface area contributed by atoms with Crippen LogP contribution in [0, 0.1) is 11.8 Å². The second-order valence-electron chi connectivity index (χ2n) is 13.7. The van der Waals surface area contributed by atoms with Gasteiger partial charge in [0.15, 0.2) is 0 Å². The van der Waals surface area contributed by atoms with Crippen LogP contribution in [0.2, 0.25) is 0 Å². The molecule has 1 fully saturated rings. The molecule has 0 aliphatic heterocycles. The maximum Gasteiger partial charge on any atom is 0.309 e. The maximum atomic E-state index is 12.8. The smallest absolute Gasteiger partial charge is 0.309 e. The van der Waals surface area contributed by atoms with Crippen LogP contribution >= 0.6 is 0 Å². The van der Waals surface area contributed by atoms with E-state index >= 15 is 0 Å². The number of unbranched alkanes of at least 4 members (excludes halogenated alkanes) is 25. The lowest BCUT2D eigenvalue weighted by atomic mass is 9.79. The summed E-state index contributed by atoms with van der Waals surface area (Å²) in [7, 11) is 0. The van der Waals surface area contributed by atoms with Crippen molar-refractivity contribution in [3.63, 3.8) is 0 Å². The van der Waals surface area contributed by atoms with Crippen molar-refractivity contribution in [1.29, 1.82) is 0 Å². The van der Waals surface area contributed by atoms with Gasteiger partial charge < -0.3 is 9.47 Å². The summed E-state index contributed by atoms with van der Waals surface area (Å²) in [6.07, 6.45) is 39.0. The van der Waals surface area contributed by atoms with Gasteiger partial charge in [0.05, 0.1) is 25.0 Å². The van der Waals surface area contributed by atoms with Gasteiger partial charge in [-0.3, -0.25) is 9.59 Å². The normalized spacial score (nSPS) is 16.8. The molecule has 0 spiro atoms. The van der Waals surface area contributed by atoms with E-state index in [4.69, 9.17) is 9.47 Å². The summed E-state index contributed by atoms with van der Waals surface area (Å²) in [4.78, 5) is 25.6. The van der Waals surface area contributed by atoms with Gasteiger partial charge in [-0.1, -0.05) is 187 Å². The molecule has 0 aromatic carbocycles. The summed E-state index contributed by atoms with van der Waals surface area (Å²) in [6, 6.07) is 0. The zero-order chi connectivity index (χ0) is 31.1. The molecule has 0 aromatic heterocycles. The van der Waals surface area contributed by atoms with Crippen LogP contribution in [0.4, 0.5) is 0 Å². The number of ether oxygens (including phenoxy) is 2. The Kier molecular flexibility index (Phi) is 28.8. The van der Waals surface area contributed by atoms with E-state index in [0.29, 0.717) is 13.2 Å². The van der Waals surface area contributed by atoms with E-state index in [0.717, 1.165) is 51.4 Å². The summed E-state index contributed by atoms with van der Waals surface area (Å²) >= 11 is 0. The van der Waals surface area contributed by atoms with Crippen molar-refractivity contribution < 1.29 is 19.1 Å². The van der Waals surface area contributed by atoms with Gasteiger partial charge in [0, 0.05) is 0 Å². The van der Waals surface area contributed by atoms with Crippen LogP contribution in [-0.2, 0) is 19.1 Å². The standard InChI is InChI=1S/C39H74O4/c1-3-5-7-9-11-13-15-16-17-18-19-21-23-25-27-31-35-43-39(41)37-33-29-28-32-36(37)38(40)42-34-30-26-24-22-20-14-12-10-8-6-4-2/h36-37H,3-35H2,1-2H3. The Morgan fingerprint density at radius 1 is 0.395 bits per heavy atom. The van der Waals surface area contributed by atoms with E-state index in [9.17, 15) is 9.59 Å². The van der Waals surface area contributed by atoms with E-state index in [1.165, 1.54) is 148 Å². The van der Waals surface area contributed by atoms with Crippen molar-refractivity contribution in [3.05, 3.63) is 0 Å². The molecular formula is C39H74O4. The number of rotatable bonds is 31. The average Bonchev–Trinajstić information content (AvgIpc) is 3.02. The quantitative estimate of drug-likeness (QED) is 0.0582. The predicted octanol–water partition coefficient (Wildman–Crippen LogP) is 12.5. The highest BCUT2D eigenvalue weighted by molar-refractivity contribution is 5.82. The van der Waals surface area contributed by atoms with E-state index in [1.54, 1.807) is 0 Å². The molecule has 1 aliphatic rings. The van der Waals surface area contributed by atoms with E-state index in [2.05, 4.69) is 13.8 Å². The first-order chi connectivity index (χ1) is 21.2. The van der Waals surface area contributed by atoms with Gasteiger partial charge >= 0.3 is 11.9 Å². The molecule has 0 radical (unpaired) electrons. The number of hydrogen-bond acceptors (Lipinski definition) is 4. The van der Waals surface area contributed by atoms with Crippen molar-refractivity contribution in [3.8, 4) is 0 Å². The first kappa shape index (κ1) is 40.0. The first-order valence-corrected chi connectivity index (χ1v) is 19.5. The second kappa shape index (κ2) is 30.9. The number of carbonyl (C=O) groups excluding carboxylic acids is 2. The van der Waals surface area contributed by atoms with Crippen LogP contribution in [0.15, 0.2) is 0 Å². The Labute approximate surface area is 268 Å². The van der Waals surface area contributed by atoms with Crippen molar-refractivity contribution in [1.82, 2.24) is 0 Å². The van der Waals surface area contributed by atoms with Crippen LogP contribution in [0.1, 0.15) is 213 Å². The van der Waals surface area contributed by atoms with Gasteiger partial charge in [0.2, 0.25) is 0 Å². The summed E-state index contributed by atoms with van der Waals surface area (Å²) in [5.41, 5.74) is 0. The van der Waals surface area contributed by atoms with Crippen LogP contribution < -0.4 is 0 Å². The minimum atomic E-state index is -0.306. The molecule has 2 atom stereocenters. The van der Waals surface area contributed by atoms with Gasteiger partial charge in [0.25, 0.3) is 0 Å². The molecule has 4 heteroatoms. The van der Waals surface area contributed by atoms with Crippen LogP contribution in [0.5, 0.6) is 0 Å². The van der Waals surface area contributed by atoms with E-state index < -0.39 is 0 Å². The molecule has 0 heterocycles. The lowest BCUT2D eigenvalue weighted by Crippen LogP contribution is -2.35. The minimum Gasteiger partial charge on any atom is -0.465 e. The van der Waals surface area contributed by atoms with Crippen molar-refractivity contribution >= 4 is 11.9 Å². The molecule has 43 heavy (non-hydrogen) atoms. The fourth-order valence-electron chi connectivity index (χ4n) is 6.67. The fraction of sp³-hybridized carbons (Fsp3) is 0.949. The fourth-order valence-corrected chi connectivity index (χ4v) is 6.67. The largest absolute Gasteiger partial charge is 0.465 e. The third-order valence-electron chi connectivity index (χ3n) is 9.61. The molecule has 4 nitrogen and oxygen atoms in total. The minimum absolute atomic E-state index is 0.169. The highest BCUT2D eigenvalue weighted by Gasteiger charge is 2.37. The van der Waals surface area contributed by atoms with Gasteiger partial charge in [-0.25, -0.2) is 0 Å². The lowest BCUT2D eigenvalue weighted by Gasteiger charge is -2.28. The summed E-state index contributed by atoms with van der Waals surface area (Å²) in [6.45, 7) is 5.54. The Morgan fingerprint density at radius 3 is 0.884 bits per heavy atom. The summed E-state index contributed by atoms with van der Waals surface area (Å²) < 4.78 is 11.3. The summed E-state index contributed by atoms with van der Waals surface area (Å²) in [5, 5.41) is 0. The summed E-state index contributed by atoms with van der Waals surface area (Å²) in [5.74, 6) is -0.951. The molecular weight excluding hydrogens is 532 g/mol. The molecule has 1 saturated carbocycles. The van der Waals surface area contributed by atoms with Crippen LogP contribution in [-0.4, -0.2) is 25.2 Å². The average molecular weight is 607 g/mol. The van der Waals surface area contributed by atoms with E-state index in [1.807, 2.05) is 0 Å². The molecule has 0 amide bonds. The second-order valence-corrected chi connectivity index (χ2v) is 13.7. The van der Waals surface area contributed by atoms with Gasteiger partial charge in [-0.2, -0.15) is 0 Å². The zero-order valence-corrected chi connectivity index (χ0v) is 29.1. The Bertz CT molecular complexity index is 618. The lowest BCUT2D eigenvalue weighted by molar-refractivity contribution is -0.163. The monoisotopic (exact) mass is 607 g/mol.